The van der Waals surface area contributed by atoms with Crippen molar-refractivity contribution in [3.63, 3.8) is 0 Å². The number of hydrogen-bond acceptors (Lipinski definition) is 7. The van der Waals surface area contributed by atoms with Crippen molar-refractivity contribution in [3.8, 4) is 21.8 Å². The Hall–Kier alpha value is -3.65. The molecule has 0 radical (unpaired) electrons. The minimum Gasteiger partial charge on any atom is -0.339 e. The fourth-order valence-electron chi connectivity index (χ4n) is 2.81. The number of fused-ring (bicyclic) bond motifs is 1. The Kier molecular flexibility index (Phi) is 3.80. The Bertz CT molecular complexity index is 1180. The second-order valence-corrected chi connectivity index (χ2v) is 6.90. The zero-order chi connectivity index (χ0) is 18.1. The number of nitrogens with one attached hydrogen (secondary N) is 2. The summed E-state index contributed by atoms with van der Waals surface area (Å²) in [6.45, 7) is 0. The monoisotopic (exact) mass is 371 g/mol. The molecule has 2 N–H and O–H groups in total. The highest BCUT2D eigenvalue weighted by Gasteiger charge is 2.11. The molecule has 0 atom stereocenters. The van der Waals surface area contributed by atoms with Gasteiger partial charge in [0.25, 0.3) is 0 Å². The standard InChI is InChI=1S/C19H13N7S/c1-2-4-12(5-3-1)16-10-15-17(27-16)19(21-11-20-15)22-14-8-6-13(7-9-14)18-23-25-26-24-18/h1-11H,(H,20,21,22)(H,23,24,25,26). The third-order valence-electron chi connectivity index (χ3n) is 4.12. The van der Waals surface area contributed by atoms with Gasteiger partial charge in [-0.25, -0.2) is 9.97 Å². The summed E-state index contributed by atoms with van der Waals surface area (Å²) in [5.41, 5.74) is 3.93. The van der Waals surface area contributed by atoms with E-state index in [4.69, 9.17) is 0 Å². The summed E-state index contributed by atoms with van der Waals surface area (Å²) in [6.07, 6.45) is 1.58. The lowest BCUT2D eigenvalue weighted by Crippen LogP contribution is -1.94. The highest BCUT2D eigenvalue weighted by molar-refractivity contribution is 7.22. The molecule has 0 saturated carbocycles. The summed E-state index contributed by atoms with van der Waals surface area (Å²) in [5.74, 6) is 1.36. The zero-order valence-corrected chi connectivity index (χ0v) is 14.8. The second-order valence-electron chi connectivity index (χ2n) is 5.85. The van der Waals surface area contributed by atoms with E-state index in [0.717, 1.165) is 27.3 Å². The molecule has 0 aliphatic rings. The van der Waals surface area contributed by atoms with Crippen molar-refractivity contribution in [1.82, 2.24) is 30.6 Å². The average Bonchev–Trinajstić information content (AvgIpc) is 3.40. The quantitative estimate of drug-likeness (QED) is 0.490. The van der Waals surface area contributed by atoms with Crippen molar-refractivity contribution in [3.05, 3.63) is 67.0 Å². The maximum Gasteiger partial charge on any atom is 0.204 e. The van der Waals surface area contributed by atoms with E-state index >= 15 is 0 Å². The molecule has 130 valence electrons. The van der Waals surface area contributed by atoms with E-state index in [1.165, 1.54) is 10.4 Å². The summed E-state index contributed by atoms with van der Waals surface area (Å²) >= 11 is 1.68. The van der Waals surface area contributed by atoms with Crippen molar-refractivity contribution < 1.29 is 0 Å². The Morgan fingerprint density at radius 2 is 1.74 bits per heavy atom. The molecule has 0 spiro atoms. The van der Waals surface area contributed by atoms with E-state index in [0.29, 0.717) is 5.82 Å². The minimum absolute atomic E-state index is 0.566. The van der Waals surface area contributed by atoms with Crippen LogP contribution in [0.1, 0.15) is 0 Å². The van der Waals surface area contributed by atoms with E-state index < -0.39 is 0 Å². The topological polar surface area (TPSA) is 92.3 Å². The fraction of sp³-hybridized carbons (Fsp3) is 0. The lowest BCUT2D eigenvalue weighted by molar-refractivity contribution is 0.881. The van der Waals surface area contributed by atoms with E-state index in [1.807, 2.05) is 42.5 Å². The maximum atomic E-state index is 4.43. The molecule has 0 fully saturated rings. The Balaban J connectivity index is 1.47. The lowest BCUT2D eigenvalue weighted by atomic mass is 10.2. The van der Waals surface area contributed by atoms with Crippen LogP contribution < -0.4 is 5.32 Å². The molecule has 5 rings (SSSR count). The first-order valence-electron chi connectivity index (χ1n) is 8.28. The van der Waals surface area contributed by atoms with Crippen molar-refractivity contribution in [2.24, 2.45) is 0 Å². The van der Waals surface area contributed by atoms with Crippen LogP contribution in [0.25, 0.3) is 32.0 Å². The van der Waals surface area contributed by atoms with Crippen molar-refractivity contribution in [2.45, 2.75) is 0 Å². The summed E-state index contributed by atoms with van der Waals surface area (Å²) in [7, 11) is 0. The first kappa shape index (κ1) is 15.6. The van der Waals surface area contributed by atoms with Crippen LogP contribution in [0.3, 0.4) is 0 Å². The SMILES string of the molecule is c1ccc(-c2cc3ncnc(Nc4ccc(-c5nn[nH]n5)cc4)c3s2)cc1. The van der Waals surface area contributed by atoms with E-state index in [1.54, 1.807) is 17.7 Å². The van der Waals surface area contributed by atoms with Gasteiger partial charge >= 0.3 is 0 Å². The molecule has 0 saturated heterocycles. The molecule has 7 nitrogen and oxygen atoms in total. The van der Waals surface area contributed by atoms with Crippen LogP contribution >= 0.6 is 11.3 Å². The number of rotatable bonds is 4. The molecule has 2 aromatic carbocycles. The van der Waals surface area contributed by atoms with Crippen LogP contribution in [0, 0.1) is 0 Å². The van der Waals surface area contributed by atoms with Crippen LogP contribution in [0.15, 0.2) is 67.0 Å². The second kappa shape index (κ2) is 6.58. The Morgan fingerprint density at radius 3 is 2.52 bits per heavy atom. The van der Waals surface area contributed by atoms with Gasteiger partial charge in [0.05, 0.1) is 10.2 Å². The number of aromatic amines is 1. The number of hydrogen-bond donors (Lipinski definition) is 2. The van der Waals surface area contributed by atoms with Crippen LogP contribution in [-0.4, -0.2) is 30.6 Å². The van der Waals surface area contributed by atoms with Crippen LogP contribution in [0.4, 0.5) is 11.5 Å². The van der Waals surface area contributed by atoms with E-state index in [-0.39, 0.29) is 0 Å². The van der Waals surface area contributed by atoms with E-state index in [9.17, 15) is 0 Å². The fourth-order valence-corrected chi connectivity index (χ4v) is 3.87. The van der Waals surface area contributed by atoms with Gasteiger partial charge in [0.2, 0.25) is 5.82 Å². The van der Waals surface area contributed by atoms with Crippen LogP contribution in [0.5, 0.6) is 0 Å². The molecule has 8 heteroatoms. The number of aromatic nitrogens is 6. The van der Waals surface area contributed by atoms with Gasteiger partial charge < -0.3 is 5.32 Å². The number of nitrogens with zero attached hydrogens (tertiary/aromatic N) is 5. The van der Waals surface area contributed by atoms with Gasteiger partial charge in [-0.15, -0.1) is 21.5 Å². The molecule has 3 aromatic heterocycles. The first-order valence-corrected chi connectivity index (χ1v) is 9.09. The largest absolute Gasteiger partial charge is 0.339 e. The smallest absolute Gasteiger partial charge is 0.204 e. The number of thiophene rings is 1. The molecule has 0 amide bonds. The molecule has 0 aliphatic carbocycles. The third-order valence-corrected chi connectivity index (χ3v) is 5.30. The number of anilines is 2. The molecular formula is C19H13N7S. The third kappa shape index (κ3) is 3.02. The molecule has 3 heterocycles. The van der Waals surface area contributed by atoms with Gasteiger partial charge in [0.1, 0.15) is 6.33 Å². The van der Waals surface area contributed by atoms with Gasteiger partial charge in [-0.2, -0.15) is 5.21 Å². The summed E-state index contributed by atoms with van der Waals surface area (Å²) in [6, 6.07) is 20.2. The summed E-state index contributed by atoms with van der Waals surface area (Å²) in [5, 5.41) is 17.4. The normalized spacial score (nSPS) is 11.0. The number of benzene rings is 2. The molecule has 0 unspecified atom stereocenters. The zero-order valence-electron chi connectivity index (χ0n) is 14.0. The van der Waals surface area contributed by atoms with Gasteiger partial charge in [-0.3, -0.25) is 0 Å². The maximum absolute atomic E-state index is 4.43. The Morgan fingerprint density at radius 1 is 0.889 bits per heavy atom. The predicted octanol–water partition coefficient (Wildman–Crippen LogP) is 4.28. The minimum atomic E-state index is 0.566. The number of tetrazole rings is 1. The van der Waals surface area contributed by atoms with Gasteiger partial charge in [-0.05, 0) is 41.1 Å². The Labute approximate surface area is 158 Å². The molecule has 0 bridgehead atoms. The molecule has 0 aliphatic heterocycles. The average molecular weight is 371 g/mol. The molecular weight excluding hydrogens is 358 g/mol. The van der Waals surface area contributed by atoms with E-state index in [2.05, 4.69) is 54.1 Å². The summed E-state index contributed by atoms with van der Waals surface area (Å²) in [4.78, 5) is 10.0. The van der Waals surface area contributed by atoms with Crippen LogP contribution in [-0.2, 0) is 0 Å². The highest BCUT2D eigenvalue weighted by atomic mass is 32.1. The van der Waals surface area contributed by atoms with Gasteiger partial charge in [0, 0.05) is 16.1 Å². The molecule has 5 aromatic rings. The number of H-pyrrole nitrogens is 1. The summed E-state index contributed by atoms with van der Waals surface area (Å²) < 4.78 is 1.03. The predicted molar refractivity (Wildman–Crippen MR) is 106 cm³/mol. The first-order chi connectivity index (χ1) is 13.4. The van der Waals surface area contributed by atoms with Crippen molar-refractivity contribution >= 4 is 33.1 Å². The van der Waals surface area contributed by atoms with Crippen molar-refractivity contribution in [2.75, 3.05) is 5.32 Å². The van der Waals surface area contributed by atoms with Crippen molar-refractivity contribution in [1.29, 1.82) is 0 Å². The highest BCUT2D eigenvalue weighted by Crippen LogP contribution is 2.36. The van der Waals surface area contributed by atoms with Crippen LogP contribution in [0.2, 0.25) is 0 Å². The van der Waals surface area contributed by atoms with Gasteiger partial charge in [0.15, 0.2) is 5.82 Å². The molecule has 27 heavy (non-hydrogen) atoms. The lowest BCUT2D eigenvalue weighted by Gasteiger charge is -2.06. The van der Waals surface area contributed by atoms with Gasteiger partial charge in [-0.1, -0.05) is 30.3 Å².